The third kappa shape index (κ3) is 3.91. The second-order valence-electron chi connectivity index (χ2n) is 4.42. The number of alkyl halides is 3. The summed E-state index contributed by atoms with van der Waals surface area (Å²) in [6, 6.07) is 8.39. The number of Topliss-reactive ketones (excluding diaryl/α,β-unsaturated/α-hetero) is 1. The maximum atomic E-state index is 13.2. The van der Waals surface area contributed by atoms with Gasteiger partial charge in [-0.3, -0.25) is 4.79 Å². The largest absolute Gasteiger partial charge is 0.417 e. The SMILES string of the molecule is O=C(Cc1cc(F)cc(Br)c1)c1ccccc1C(F)(F)F. The zero-order valence-corrected chi connectivity index (χ0v) is 12.1. The summed E-state index contributed by atoms with van der Waals surface area (Å²) in [6.07, 6.45) is -4.90. The molecular formula is C15H9BrF4O. The number of carbonyl (C=O) groups excluding carboxylic acids is 1. The molecule has 0 radical (unpaired) electrons. The summed E-state index contributed by atoms with van der Waals surface area (Å²) in [5, 5.41) is 0. The van der Waals surface area contributed by atoms with Gasteiger partial charge in [0.15, 0.2) is 5.78 Å². The Bertz CT molecular complexity index is 659. The van der Waals surface area contributed by atoms with Crippen LogP contribution >= 0.6 is 15.9 Å². The second-order valence-corrected chi connectivity index (χ2v) is 5.34. The first-order valence-electron chi connectivity index (χ1n) is 5.92. The van der Waals surface area contributed by atoms with Crippen LogP contribution in [0.25, 0.3) is 0 Å². The average Bonchev–Trinajstić information content (AvgIpc) is 2.36. The molecule has 21 heavy (non-hydrogen) atoms. The molecule has 0 saturated heterocycles. The second kappa shape index (κ2) is 5.97. The van der Waals surface area contributed by atoms with Gasteiger partial charge in [-0.05, 0) is 29.8 Å². The van der Waals surface area contributed by atoms with Crippen LogP contribution in [0, 0.1) is 5.82 Å². The van der Waals surface area contributed by atoms with Gasteiger partial charge in [0, 0.05) is 16.5 Å². The summed E-state index contributed by atoms with van der Waals surface area (Å²) in [4.78, 5) is 12.1. The first-order chi connectivity index (χ1) is 9.77. The number of hydrogen-bond donors (Lipinski definition) is 0. The molecule has 0 bridgehead atoms. The Morgan fingerprint density at radius 2 is 1.76 bits per heavy atom. The van der Waals surface area contributed by atoms with Crippen molar-refractivity contribution in [3.63, 3.8) is 0 Å². The van der Waals surface area contributed by atoms with E-state index in [2.05, 4.69) is 15.9 Å². The smallest absolute Gasteiger partial charge is 0.294 e. The van der Waals surface area contributed by atoms with E-state index < -0.39 is 28.9 Å². The lowest BCUT2D eigenvalue weighted by Gasteiger charge is -2.11. The number of rotatable bonds is 3. The van der Waals surface area contributed by atoms with Crippen molar-refractivity contribution in [2.75, 3.05) is 0 Å². The molecule has 110 valence electrons. The van der Waals surface area contributed by atoms with Crippen LogP contribution in [0.15, 0.2) is 46.9 Å². The van der Waals surface area contributed by atoms with Gasteiger partial charge in [0.05, 0.1) is 5.56 Å². The van der Waals surface area contributed by atoms with Gasteiger partial charge in [0.1, 0.15) is 5.82 Å². The highest BCUT2D eigenvalue weighted by Gasteiger charge is 2.34. The van der Waals surface area contributed by atoms with E-state index in [0.29, 0.717) is 10.0 Å². The summed E-state index contributed by atoms with van der Waals surface area (Å²) in [6.45, 7) is 0. The molecule has 2 aromatic rings. The van der Waals surface area contributed by atoms with E-state index in [4.69, 9.17) is 0 Å². The van der Waals surface area contributed by atoms with Gasteiger partial charge in [0.2, 0.25) is 0 Å². The molecule has 0 amide bonds. The highest BCUT2D eigenvalue weighted by molar-refractivity contribution is 9.10. The van der Waals surface area contributed by atoms with Crippen LogP contribution in [0.1, 0.15) is 21.5 Å². The van der Waals surface area contributed by atoms with Crippen LogP contribution < -0.4 is 0 Å². The van der Waals surface area contributed by atoms with E-state index in [0.717, 1.165) is 18.2 Å². The summed E-state index contributed by atoms with van der Waals surface area (Å²) in [5.41, 5.74) is -1.08. The van der Waals surface area contributed by atoms with Crippen LogP contribution in [0.2, 0.25) is 0 Å². The molecule has 0 aromatic heterocycles. The fraction of sp³-hybridized carbons (Fsp3) is 0.133. The summed E-state index contributed by atoms with van der Waals surface area (Å²) in [7, 11) is 0. The van der Waals surface area contributed by atoms with Crippen molar-refractivity contribution in [1.82, 2.24) is 0 Å². The van der Waals surface area contributed by atoms with Crippen LogP contribution in [-0.2, 0) is 12.6 Å². The minimum Gasteiger partial charge on any atom is -0.294 e. The Labute approximate surface area is 126 Å². The Hall–Kier alpha value is -1.69. The van der Waals surface area contributed by atoms with E-state index in [1.165, 1.54) is 24.3 Å². The maximum Gasteiger partial charge on any atom is 0.417 e. The van der Waals surface area contributed by atoms with Crippen LogP contribution in [0.5, 0.6) is 0 Å². The lowest BCUT2D eigenvalue weighted by atomic mass is 9.98. The Morgan fingerprint density at radius 1 is 1.10 bits per heavy atom. The Kier molecular flexibility index (Phi) is 4.46. The number of benzene rings is 2. The molecule has 2 rings (SSSR count). The van der Waals surface area contributed by atoms with Crippen molar-refractivity contribution in [3.05, 3.63) is 69.4 Å². The van der Waals surface area contributed by atoms with Crippen molar-refractivity contribution in [1.29, 1.82) is 0 Å². The monoisotopic (exact) mass is 360 g/mol. The van der Waals surface area contributed by atoms with Crippen molar-refractivity contribution in [2.24, 2.45) is 0 Å². The average molecular weight is 361 g/mol. The molecule has 0 unspecified atom stereocenters. The standard InChI is InChI=1S/C15H9BrF4O/c16-10-5-9(6-11(17)8-10)7-14(21)12-3-1-2-4-13(12)15(18,19)20/h1-6,8H,7H2. The molecule has 0 N–H and O–H groups in total. The minimum atomic E-state index is -4.60. The fourth-order valence-corrected chi connectivity index (χ4v) is 2.48. The van der Waals surface area contributed by atoms with Crippen molar-refractivity contribution < 1.29 is 22.4 Å². The molecule has 6 heteroatoms. The van der Waals surface area contributed by atoms with Crippen LogP contribution in [-0.4, -0.2) is 5.78 Å². The zero-order valence-electron chi connectivity index (χ0n) is 10.5. The lowest BCUT2D eigenvalue weighted by molar-refractivity contribution is -0.137. The molecule has 0 aliphatic carbocycles. The molecular weight excluding hydrogens is 352 g/mol. The van der Waals surface area contributed by atoms with Gasteiger partial charge in [-0.1, -0.05) is 34.1 Å². The van der Waals surface area contributed by atoms with Crippen molar-refractivity contribution >= 4 is 21.7 Å². The van der Waals surface area contributed by atoms with E-state index in [1.807, 2.05) is 0 Å². The molecule has 0 spiro atoms. The van der Waals surface area contributed by atoms with Gasteiger partial charge in [-0.25, -0.2) is 4.39 Å². The number of ketones is 1. The number of halogens is 5. The predicted octanol–water partition coefficient (Wildman–Crippen LogP) is 5.03. The predicted molar refractivity (Wildman–Crippen MR) is 73.6 cm³/mol. The molecule has 0 fully saturated rings. The topological polar surface area (TPSA) is 17.1 Å². The van der Waals surface area contributed by atoms with Gasteiger partial charge < -0.3 is 0 Å². The third-order valence-electron chi connectivity index (χ3n) is 2.82. The minimum absolute atomic E-state index is 0.302. The summed E-state index contributed by atoms with van der Waals surface area (Å²) in [5.74, 6) is -1.27. The van der Waals surface area contributed by atoms with Crippen molar-refractivity contribution in [2.45, 2.75) is 12.6 Å². The highest BCUT2D eigenvalue weighted by atomic mass is 79.9. The Morgan fingerprint density at radius 3 is 2.38 bits per heavy atom. The number of carbonyl (C=O) groups is 1. The van der Waals surface area contributed by atoms with Crippen LogP contribution in [0.3, 0.4) is 0 Å². The molecule has 0 heterocycles. The molecule has 0 atom stereocenters. The number of hydrogen-bond acceptors (Lipinski definition) is 1. The lowest BCUT2D eigenvalue weighted by Crippen LogP contribution is -2.14. The molecule has 0 saturated carbocycles. The molecule has 0 aliphatic rings. The van der Waals surface area contributed by atoms with Gasteiger partial charge in [-0.15, -0.1) is 0 Å². The highest BCUT2D eigenvalue weighted by Crippen LogP contribution is 2.32. The maximum absolute atomic E-state index is 13.2. The quantitative estimate of drug-likeness (QED) is 0.554. The van der Waals surface area contributed by atoms with Gasteiger partial charge in [0.25, 0.3) is 0 Å². The van der Waals surface area contributed by atoms with E-state index in [1.54, 1.807) is 0 Å². The zero-order chi connectivity index (χ0) is 15.6. The van der Waals surface area contributed by atoms with Crippen molar-refractivity contribution in [3.8, 4) is 0 Å². The van der Waals surface area contributed by atoms with E-state index in [9.17, 15) is 22.4 Å². The summed E-state index contributed by atoms with van der Waals surface area (Å²) < 4.78 is 52.2. The van der Waals surface area contributed by atoms with E-state index >= 15 is 0 Å². The first-order valence-corrected chi connectivity index (χ1v) is 6.71. The Balaban J connectivity index is 2.33. The molecule has 1 nitrogen and oxygen atoms in total. The third-order valence-corrected chi connectivity index (χ3v) is 3.28. The summed E-state index contributed by atoms with van der Waals surface area (Å²) >= 11 is 3.07. The van der Waals surface area contributed by atoms with Gasteiger partial charge in [-0.2, -0.15) is 13.2 Å². The van der Waals surface area contributed by atoms with E-state index in [-0.39, 0.29) is 6.42 Å². The normalized spacial score (nSPS) is 11.5. The fourth-order valence-electron chi connectivity index (χ4n) is 1.97. The first kappa shape index (κ1) is 15.7. The molecule has 2 aromatic carbocycles. The van der Waals surface area contributed by atoms with Gasteiger partial charge >= 0.3 is 6.18 Å². The molecule has 0 aliphatic heterocycles. The van der Waals surface area contributed by atoms with Crippen LogP contribution in [0.4, 0.5) is 17.6 Å².